The Hall–Kier alpha value is -1.88. The Kier molecular flexibility index (Phi) is 4.38. The summed E-state index contributed by atoms with van der Waals surface area (Å²) in [6, 6.07) is 0. The number of nitrogens with zero attached hydrogens (tertiary/aromatic N) is 1. The summed E-state index contributed by atoms with van der Waals surface area (Å²) in [5.74, 6) is -2.84. The van der Waals surface area contributed by atoms with Gasteiger partial charge < -0.3 is 19.5 Å². The van der Waals surface area contributed by atoms with E-state index in [9.17, 15) is 14.7 Å². The van der Waals surface area contributed by atoms with Gasteiger partial charge in [0, 0.05) is 18.4 Å². The first-order chi connectivity index (χ1) is 11.3. The Morgan fingerprint density at radius 3 is 2.83 bits per heavy atom. The molecule has 130 valence electrons. The zero-order chi connectivity index (χ0) is 17.5. The molecule has 0 unspecified atom stereocenters. The first kappa shape index (κ1) is 17.0. The first-order valence-corrected chi connectivity index (χ1v) is 8.50. The molecule has 5 heteroatoms. The van der Waals surface area contributed by atoms with Crippen molar-refractivity contribution in [2.75, 3.05) is 13.1 Å². The van der Waals surface area contributed by atoms with Gasteiger partial charge in [0.1, 0.15) is 5.60 Å². The van der Waals surface area contributed by atoms with Gasteiger partial charge in [-0.05, 0) is 33.6 Å². The summed E-state index contributed by atoms with van der Waals surface area (Å²) in [5, 5.41) is 11.4. The molecular weight excluding hydrogens is 306 g/mol. The van der Waals surface area contributed by atoms with Crippen molar-refractivity contribution >= 4 is 11.9 Å². The molecule has 3 heterocycles. The van der Waals surface area contributed by atoms with Crippen molar-refractivity contribution in [1.29, 1.82) is 0 Å². The van der Waals surface area contributed by atoms with Crippen LogP contribution in [0.15, 0.2) is 35.5 Å². The van der Waals surface area contributed by atoms with Gasteiger partial charge in [-0.3, -0.25) is 4.79 Å². The Morgan fingerprint density at radius 1 is 1.42 bits per heavy atom. The lowest BCUT2D eigenvalue weighted by Gasteiger charge is -2.24. The molecule has 1 spiro atoms. The van der Waals surface area contributed by atoms with E-state index >= 15 is 0 Å². The highest BCUT2D eigenvalue weighted by Gasteiger charge is 2.65. The fourth-order valence-electron chi connectivity index (χ4n) is 3.96. The van der Waals surface area contributed by atoms with Crippen molar-refractivity contribution in [3.05, 3.63) is 35.5 Å². The summed E-state index contributed by atoms with van der Waals surface area (Å²) in [6.07, 6.45) is 9.31. The highest BCUT2D eigenvalue weighted by atomic mass is 16.5. The lowest BCUT2D eigenvalue weighted by molar-refractivity contribution is -0.313. The van der Waals surface area contributed by atoms with E-state index in [1.54, 1.807) is 11.0 Å². The second kappa shape index (κ2) is 6.20. The van der Waals surface area contributed by atoms with E-state index in [2.05, 4.69) is 32.9 Å². The molecular formula is C19H24NO4-. The van der Waals surface area contributed by atoms with E-state index in [4.69, 9.17) is 4.74 Å². The molecule has 0 saturated carbocycles. The van der Waals surface area contributed by atoms with Crippen LogP contribution in [0.1, 0.15) is 33.6 Å². The zero-order valence-corrected chi connectivity index (χ0v) is 14.5. The summed E-state index contributed by atoms with van der Waals surface area (Å²) < 4.78 is 5.83. The van der Waals surface area contributed by atoms with Gasteiger partial charge in [-0.2, -0.15) is 0 Å². The second-order valence-corrected chi connectivity index (χ2v) is 7.31. The summed E-state index contributed by atoms with van der Waals surface area (Å²) in [4.78, 5) is 25.8. The number of carbonyl (C=O) groups is 2. The van der Waals surface area contributed by atoms with Gasteiger partial charge in [0.25, 0.3) is 0 Å². The molecule has 3 rings (SSSR count). The van der Waals surface area contributed by atoms with Crippen molar-refractivity contribution in [2.45, 2.75) is 45.3 Å². The summed E-state index contributed by atoms with van der Waals surface area (Å²) in [5.41, 5.74) is 1.76. The number of hydrogen-bond donors (Lipinski definition) is 0. The molecule has 2 fully saturated rings. The van der Waals surface area contributed by atoms with E-state index in [1.807, 2.05) is 6.08 Å². The van der Waals surface area contributed by atoms with Crippen LogP contribution in [0.25, 0.3) is 0 Å². The molecule has 0 aromatic carbocycles. The molecule has 0 aliphatic carbocycles. The van der Waals surface area contributed by atoms with Crippen LogP contribution in [0.5, 0.6) is 0 Å². The van der Waals surface area contributed by atoms with Crippen LogP contribution < -0.4 is 5.11 Å². The van der Waals surface area contributed by atoms with Crippen LogP contribution in [-0.2, 0) is 14.3 Å². The van der Waals surface area contributed by atoms with Gasteiger partial charge in [-0.15, -0.1) is 0 Å². The molecule has 2 saturated heterocycles. The summed E-state index contributed by atoms with van der Waals surface area (Å²) >= 11 is 0. The van der Waals surface area contributed by atoms with Crippen molar-refractivity contribution in [3.8, 4) is 0 Å². The molecule has 0 radical (unpaired) electrons. The van der Waals surface area contributed by atoms with Crippen LogP contribution in [0.4, 0.5) is 0 Å². The molecule has 0 aromatic heterocycles. The zero-order valence-electron chi connectivity index (χ0n) is 14.5. The molecule has 0 N–H and O–H groups in total. The van der Waals surface area contributed by atoms with Crippen LogP contribution in [0, 0.1) is 11.8 Å². The third-order valence-electron chi connectivity index (χ3n) is 5.20. The Balaban J connectivity index is 1.66. The maximum absolute atomic E-state index is 12.7. The van der Waals surface area contributed by atoms with Crippen molar-refractivity contribution in [2.24, 2.45) is 11.8 Å². The second-order valence-electron chi connectivity index (χ2n) is 7.31. The minimum Gasteiger partial charge on any atom is -0.550 e. The Bertz CT molecular complexity index is 644. The maximum atomic E-state index is 12.7. The van der Waals surface area contributed by atoms with Gasteiger partial charge >= 0.3 is 0 Å². The number of rotatable bonds is 6. The summed E-state index contributed by atoms with van der Waals surface area (Å²) in [6.45, 7) is 7.14. The number of carboxylic acids is 1. The minimum absolute atomic E-state index is 0.135. The van der Waals surface area contributed by atoms with Gasteiger partial charge in [0.15, 0.2) is 0 Å². The van der Waals surface area contributed by atoms with Crippen LogP contribution in [0.3, 0.4) is 0 Å². The Morgan fingerprint density at radius 2 is 2.17 bits per heavy atom. The van der Waals surface area contributed by atoms with E-state index in [0.717, 1.165) is 12.8 Å². The smallest absolute Gasteiger partial charge is 0.230 e. The lowest BCUT2D eigenvalue weighted by atomic mass is 9.77. The number of likely N-dealkylation sites (tertiary alicyclic amines) is 1. The van der Waals surface area contributed by atoms with Crippen LogP contribution in [-0.4, -0.2) is 41.6 Å². The average Bonchev–Trinajstić information content (AvgIpc) is 3.13. The first-order valence-electron chi connectivity index (χ1n) is 8.50. The predicted octanol–water partition coefficient (Wildman–Crippen LogP) is 1.21. The highest BCUT2D eigenvalue weighted by molar-refractivity contribution is 5.90. The monoisotopic (exact) mass is 330 g/mol. The maximum Gasteiger partial charge on any atom is 0.230 e. The van der Waals surface area contributed by atoms with E-state index in [0.29, 0.717) is 13.1 Å². The molecule has 4 atom stereocenters. The largest absolute Gasteiger partial charge is 0.550 e. The molecule has 0 aromatic rings. The van der Waals surface area contributed by atoms with E-state index in [1.165, 1.54) is 11.1 Å². The number of hydrogen-bond acceptors (Lipinski definition) is 4. The van der Waals surface area contributed by atoms with Gasteiger partial charge in [0.05, 0.1) is 18.6 Å². The van der Waals surface area contributed by atoms with Crippen LogP contribution in [0.2, 0.25) is 0 Å². The number of ether oxygens (including phenoxy) is 1. The topological polar surface area (TPSA) is 69.7 Å². The number of aliphatic carboxylic acids is 1. The molecule has 3 aliphatic rings. The number of amides is 1. The molecule has 3 aliphatic heterocycles. The molecule has 24 heavy (non-hydrogen) atoms. The number of fused-ring (bicyclic) bond motifs is 1. The standard InChI is InChI=1S/C19H25NO4/c1-12(2)5-4-6-13(3)8-10-20-11-19-9-7-14(24-19)15(18(22)23)16(19)17(20)21/h5,7-9,14-16H,4,6,10-11H2,1-3H3,(H,22,23)/p-1/b13-8-/t14-,15+,16-,19-/m1/s1. The fraction of sp³-hybridized carbons (Fsp3) is 0.579. The SMILES string of the molecule is CC(C)=CCC/C(C)=C\CN1C[C@@]23C=C[C@@H](O2)[C@H](C(=O)[O-])[C@@H]3C1=O. The lowest BCUT2D eigenvalue weighted by Crippen LogP contribution is -2.45. The Labute approximate surface area is 142 Å². The molecule has 2 bridgehead atoms. The minimum atomic E-state index is -1.19. The third-order valence-corrected chi connectivity index (χ3v) is 5.20. The highest BCUT2D eigenvalue weighted by Crippen LogP contribution is 2.51. The van der Waals surface area contributed by atoms with E-state index < -0.39 is 29.5 Å². The summed E-state index contributed by atoms with van der Waals surface area (Å²) in [7, 11) is 0. The van der Waals surface area contributed by atoms with Crippen molar-refractivity contribution in [3.63, 3.8) is 0 Å². The number of allylic oxidation sites excluding steroid dienone is 3. The molecule has 1 amide bonds. The fourth-order valence-corrected chi connectivity index (χ4v) is 3.96. The average molecular weight is 330 g/mol. The van der Waals surface area contributed by atoms with Gasteiger partial charge in [0.2, 0.25) is 5.91 Å². The van der Waals surface area contributed by atoms with E-state index in [-0.39, 0.29) is 5.91 Å². The number of carbonyl (C=O) groups excluding carboxylic acids is 2. The van der Waals surface area contributed by atoms with Crippen molar-refractivity contribution < 1.29 is 19.4 Å². The van der Waals surface area contributed by atoms with Crippen LogP contribution >= 0.6 is 0 Å². The van der Waals surface area contributed by atoms with Gasteiger partial charge in [-0.25, -0.2) is 0 Å². The third kappa shape index (κ3) is 2.81. The predicted molar refractivity (Wildman–Crippen MR) is 87.7 cm³/mol. The quantitative estimate of drug-likeness (QED) is 0.687. The van der Waals surface area contributed by atoms with Crippen molar-refractivity contribution in [1.82, 2.24) is 4.90 Å². The number of carboxylic acid groups (broad SMARTS) is 1. The normalized spacial score (nSPS) is 34.0. The van der Waals surface area contributed by atoms with Gasteiger partial charge in [-0.1, -0.05) is 35.5 Å². The molecule has 5 nitrogen and oxygen atoms in total.